The molecule has 0 radical (unpaired) electrons. The van der Waals surface area contributed by atoms with E-state index in [0.29, 0.717) is 44.0 Å². The molecule has 0 spiro atoms. The van der Waals surface area contributed by atoms with Crippen LogP contribution in [-0.4, -0.2) is 71.3 Å². The molecule has 3 N–H and O–H groups in total. The monoisotopic (exact) mass is 502 g/mol. The highest BCUT2D eigenvalue weighted by Gasteiger charge is 2.38. The molecule has 1 aliphatic rings. The van der Waals surface area contributed by atoms with E-state index in [0.717, 1.165) is 5.56 Å². The van der Waals surface area contributed by atoms with E-state index in [1.807, 2.05) is 37.3 Å². The normalized spacial score (nSPS) is 16.8. The van der Waals surface area contributed by atoms with Crippen molar-refractivity contribution in [2.45, 2.75) is 51.4 Å². The number of aliphatic imine (C=N–C) groups is 2. The van der Waals surface area contributed by atoms with Crippen molar-refractivity contribution in [2.24, 2.45) is 15.7 Å². The minimum atomic E-state index is -2.68. The SMILES string of the molecule is CC(CCn1nc(CN2CCC(F)(F)C2)cc1N(C)C=O)NC(=O)C(N)=NC=NCc1ccccc1. The minimum Gasteiger partial charge on any atom is -0.379 e. The van der Waals surface area contributed by atoms with Crippen LogP contribution in [0.4, 0.5) is 14.6 Å². The zero-order chi connectivity index (χ0) is 26.1. The fourth-order valence-corrected chi connectivity index (χ4v) is 3.79. The summed E-state index contributed by atoms with van der Waals surface area (Å²) in [5.41, 5.74) is 7.37. The number of benzene rings is 1. The lowest BCUT2D eigenvalue weighted by Gasteiger charge is -2.16. The van der Waals surface area contributed by atoms with Crippen molar-refractivity contribution in [2.75, 3.05) is 25.0 Å². The maximum absolute atomic E-state index is 13.5. The van der Waals surface area contributed by atoms with Crippen LogP contribution < -0.4 is 16.0 Å². The Bertz CT molecular complexity index is 1090. The standard InChI is InChI=1S/C24H32F2N8O2/c1-18(30-23(36)22(27)29-16-28-13-19-6-4-3-5-7-19)8-10-34-21(32(2)17-35)12-20(31-34)14-33-11-9-24(25,26)15-33/h3-7,12,16-18H,8-11,13-15H2,1-2H3,(H,30,36)(H2,27,28,29). The molecule has 2 heterocycles. The highest BCUT2D eigenvalue weighted by atomic mass is 19.3. The predicted molar refractivity (Wildman–Crippen MR) is 134 cm³/mol. The first kappa shape index (κ1) is 26.9. The summed E-state index contributed by atoms with van der Waals surface area (Å²) in [7, 11) is 1.59. The molecule has 1 atom stereocenters. The van der Waals surface area contributed by atoms with Crippen molar-refractivity contribution >= 4 is 30.3 Å². The first-order chi connectivity index (χ1) is 17.2. The molecule has 3 rings (SSSR count). The van der Waals surface area contributed by atoms with Gasteiger partial charge in [0.1, 0.15) is 12.2 Å². The molecule has 0 saturated carbocycles. The number of carbonyl (C=O) groups excluding carboxylic acids is 2. The molecule has 2 amide bonds. The van der Waals surface area contributed by atoms with Gasteiger partial charge in [-0.2, -0.15) is 5.10 Å². The Morgan fingerprint density at radius 2 is 2.11 bits per heavy atom. The number of amides is 2. The van der Waals surface area contributed by atoms with Gasteiger partial charge in [-0.25, -0.2) is 18.5 Å². The lowest BCUT2D eigenvalue weighted by molar-refractivity contribution is -0.115. The third kappa shape index (κ3) is 7.94. The molecule has 1 unspecified atom stereocenters. The van der Waals surface area contributed by atoms with Gasteiger partial charge in [0, 0.05) is 45.2 Å². The fraction of sp³-hybridized carbons (Fsp3) is 0.458. The Kier molecular flexibility index (Phi) is 9.23. The molecule has 10 nitrogen and oxygen atoms in total. The Balaban J connectivity index is 1.52. The van der Waals surface area contributed by atoms with Crippen molar-refractivity contribution in [3.8, 4) is 0 Å². The third-order valence-electron chi connectivity index (χ3n) is 5.74. The molecule has 12 heteroatoms. The summed E-state index contributed by atoms with van der Waals surface area (Å²) in [6, 6.07) is 11.1. The van der Waals surface area contributed by atoms with E-state index in [1.54, 1.807) is 22.7 Å². The summed E-state index contributed by atoms with van der Waals surface area (Å²) >= 11 is 0. The number of likely N-dealkylation sites (tertiary alicyclic amines) is 1. The molecular weight excluding hydrogens is 470 g/mol. The van der Waals surface area contributed by atoms with E-state index in [1.165, 1.54) is 11.2 Å². The van der Waals surface area contributed by atoms with Crippen molar-refractivity contribution in [3.05, 3.63) is 47.7 Å². The van der Waals surface area contributed by atoms with E-state index in [9.17, 15) is 18.4 Å². The summed E-state index contributed by atoms with van der Waals surface area (Å²) in [6.07, 6.45) is 2.24. The van der Waals surface area contributed by atoms with Crippen LogP contribution in [0.3, 0.4) is 0 Å². The second-order valence-electron chi connectivity index (χ2n) is 8.87. The molecule has 1 aromatic heterocycles. The number of alkyl halides is 2. The van der Waals surface area contributed by atoms with Crippen molar-refractivity contribution < 1.29 is 18.4 Å². The van der Waals surface area contributed by atoms with Gasteiger partial charge in [-0.05, 0) is 18.9 Å². The summed E-state index contributed by atoms with van der Waals surface area (Å²) in [5.74, 6) is -2.86. The second-order valence-corrected chi connectivity index (χ2v) is 8.87. The maximum Gasteiger partial charge on any atom is 0.286 e. The smallest absolute Gasteiger partial charge is 0.286 e. The number of aromatic nitrogens is 2. The number of halogens is 2. The average molecular weight is 503 g/mol. The maximum atomic E-state index is 13.5. The van der Waals surface area contributed by atoms with Gasteiger partial charge in [-0.3, -0.25) is 19.5 Å². The van der Waals surface area contributed by atoms with Crippen LogP contribution >= 0.6 is 0 Å². The van der Waals surface area contributed by atoms with Gasteiger partial charge in [0.05, 0.1) is 18.8 Å². The van der Waals surface area contributed by atoms with Crippen LogP contribution in [0.2, 0.25) is 0 Å². The van der Waals surface area contributed by atoms with Crippen LogP contribution in [0, 0.1) is 0 Å². The highest BCUT2D eigenvalue weighted by molar-refractivity contribution is 6.38. The molecule has 2 aromatic rings. The van der Waals surface area contributed by atoms with Gasteiger partial charge < -0.3 is 16.0 Å². The van der Waals surface area contributed by atoms with Crippen LogP contribution in [0.1, 0.15) is 31.0 Å². The lowest BCUT2D eigenvalue weighted by atomic mass is 10.2. The largest absolute Gasteiger partial charge is 0.379 e. The lowest BCUT2D eigenvalue weighted by Crippen LogP contribution is -2.41. The van der Waals surface area contributed by atoms with Crippen LogP contribution in [0.25, 0.3) is 0 Å². The Labute approximate surface area is 208 Å². The number of anilines is 1. The molecule has 1 fully saturated rings. The molecule has 1 aromatic carbocycles. The number of nitrogens with zero attached hydrogens (tertiary/aromatic N) is 6. The number of aryl methyl sites for hydroxylation is 1. The van der Waals surface area contributed by atoms with E-state index in [4.69, 9.17) is 5.73 Å². The zero-order valence-corrected chi connectivity index (χ0v) is 20.5. The number of hydrogen-bond donors (Lipinski definition) is 2. The second kappa shape index (κ2) is 12.3. The highest BCUT2D eigenvalue weighted by Crippen LogP contribution is 2.28. The van der Waals surface area contributed by atoms with Gasteiger partial charge in [0.25, 0.3) is 11.8 Å². The Hall–Kier alpha value is -3.67. The van der Waals surface area contributed by atoms with Gasteiger partial charge in [0.2, 0.25) is 6.41 Å². The molecule has 194 valence electrons. The number of carbonyl (C=O) groups is 2. The number of hydrogen-bond acceptors (Lipinski definition) is 5. The number of nitrogens with one attached hydrogen (secondary N) is 1. The van der Waals surface area contributed by atoms with Gasteiger partial charge in [0.15, 0.2) is 5.84 Å². The quantitative estimate of drug-likeness (QED) is 0.276. The van der Waals surface area contributed by atoms with E-state index < -0.39 is 11.8 Å². The van der Waals surface area contributed by atoms with Crippen molar-refractivity contribution in [1.29, 1.82) is 0 Å². The number of nitrogens with two attached hydrogens (primary N) is 1. The van der Waals surface area contributed by atoms with Gasteiger partial charge in [-0.1, -0.05) is 30.3 Å². The molecule has 36 heavy (non-hydrogen) atoms. The molecule has 1 saturated heterocycles. The first-order valence-corrected chi connectivity index (χ1v) is 11.7. The molecule has 1 aliphatic heterocycles. The van der Waals surface area contributed by atoms with Gasteiger partial charge in [-0.15, -0.1) is 0 Å². The number of rotatable bonds is 11. The van der Waals surface area contributed by atoms with E-state index in [2.05, 4.69) is 20.4 Å². The molecule has 0 bridgehead atoms. The number of amidine groups is 1. The van der Waals surface area contributed by atoms with Crippen LogP contribution in [-0.2, 0) is 29.2 Å². The summed E-state index contributed by atoms with van der Waals surface area (Å²) in [5, 5.41) is 7.28. The van der Waals surface area contributed by atoms with E-state index >= 15 is 0 Å². The van der Waals surface area contributed by atoms with Crippen LogP contribution in [0.5, 0.6) is 0 Å². The Morgan fingerprint density at radius 3 is 2.78 bits per heavy atom. The summed E-state index contributed by atoms with van der Waals surface area (Å²) in [4.78, 5) is 34.7. The predicted octanol–water partition coefficient (Wildman–Crippen LogP) is 1.80. The average Bonchev–Trinajstić information content (AvgIpc) is 3.42. The third-order valence-corrected chi connectivity index (χ3v) is 5.74. The van der Waals surface area contributed by atoms with Crippen LogP contribution in [0.15, 0.2) is 46.4 Å². The van der Waals surface area contributed by atoms with Crippen molar-refractivity contribution in [3.63, 3.8) is 0 Å². The summed E-state index contributed by atoms with van der Waals surface area (Å²) < 4.78 is 28.7. The molecular formula is C24H32F2N8O2. The molecule has 0 aliphatic carbocycles. The zero-order valence-electron chi connectivity index (χ0n) is 20.5. The Morgan fingerprint density at radius 1 is 1.36 bits per heavy atom. The van der Waals surface area contributed by atoms with Gasteiger partial charge >= 0.3 is 0 Å². The summed E-state index contributed by atoms with van der Waals surface area (Å²) in [6.45, 7) is 2.89. The topological polar surface area (TPSA) is 121 Å². The minimum absolute atomic E-state index is 0.169. The van der Waals surface area contributed by atoms with Crippen molar-refractivity contribution in [1.82, 2.24) is 20.0 Å². The van der Waals surface area contributed by atoms with E-state index in [-0.39, 0.29) is 31.4 Å². The fourth-order valence-electron chi connectivity index (χ4n) is 3.79. The first-order valence-electron chi connectivity index (χ1n) is 11.7.